The number of hydrogen-bond acceptors (Lipinski definition) is 3. The minimum Gasteiger partial charge on any atom is -0.394 e. The van der Waals surface area contributed by atoms with Gasteiger partial charge in [0.25, 0.3) is 5.91 Å². The number of carbonyl (C=O) groups is 2. The monoisotopic (exact) mass is 318 g/mol. The van der Waals surface area contributed by atoms with Gasteiger partial charge in [0.15, 0.2) is 0 Å². The third-order valence-electron chi connectivity index (χ3n) is 4.18. The van der Waals surface area contributed by atoms with Crippen molar-refractivity contribution in [2.45, 2.75) is 46.2 Å². The number of benzene rings is 1. The lowest BCUT2D eigenvalue weighted by atomic mass is 9.95. The predicted molar refractivity (Wildman–Crippen MR) is 88.9 cm³/mol. The molecule has 2 N–H and O–H groups in total. The number of likely N-dealkylation sites (tertiary alicyclic amines) is 1. The van der Waals surface area contributed by atoms with Crippen LogP contribution in [0.25, 0.3) is 0 Å². The fourth-order valence-electron chi connectivity index (χ4n) is 2.67. The lowest BCUT2D eigenvalue weighted by molar-refractivity contribution is -0.128. The smallest absolute Gasteiger partial charge is 0.254 e. The van der Waals surface area contributed by atoms with Crippen LogP contribution in [0.2, 0.25) is 0 Å². The average molecular weight is 318 g/mol. The Hall–Kier alpha value is -1.88. The van der Waals surface area contributed by atoms with Crippen molar-refractivity contribution in [2.24, 2.45) is 5.41 Å². The van der Waals surface area contributed by atoms with Crippen molar-refractivity contribution in [2.75, 3.05) is 13.2 Å². The van der Waals surface area contributed by atoms with Crippen LogP contribution < -0.4 is 5.32 Å². The molecule has 5 nitrogen and oxygen atoms in total. The molecule has 0 saturated carbocycles. The number of nitrogens with one attached hydrogen (secondary N) is 1. The first-order chi connectivity index (χ1) is 10.8. The summed E-state index contributed by atoms with van der Waals surface area (Å²) in [5, 5.41) is 12.2. The fraction of sp³-hybridized carbons (Fsp3) is 0.556. The van der Waals surface area contributed by atoms with Crippen LogP contribution in [-0.2, 0) is 11.3 Å². The zero-order chi connectivity index (χ0) is 17.0. The summed E-state index contributed by atoms with van der Waals surface area (Å²) in [6.07, 6.45) is 1.80. The van der Waals surface area contributed by atoms with Crippen LogP contribution in [0.5, 0.6) is 0 Å². The van der Waals surface area contributed by atoms with E-state index >= 15 is 0 Å². The molecule has 1 aliphatic heterocycles. The highest BCUT2D eigenvalue weighted by atomic mass is 16.3. The van der Waals surface area contributed by atoms with Gasteiger partial charge in [-0.2, -0.15) is 0 Å². The lowest BCUT2D eigenvalue weighted by Crippen LogP contribution is -2.37. The second-order valence-electron chi connectivity index (χ2n) is 7.11. The van der Waals surface area contributed by atoms with Gasteiger partial charge >= 0.3 is 0 Å². The minimum atomic E-state index is -0.412. The molecule has 126 valence electrons. The molecule has 0 aliphatic carbocycles. The molecule has 0 radical (unpaired) electrons. The van der Waals surface area contributed by atoms with Gasteiger partial charge in [0.05, 0.1) is 12.6 Å². The van der Waals surface area contributed by atoms with Crippen molar-refractivity contribution in [1.29, 1.82) is 0 Å². The standard InChI is InChI=1S/C18H26N2O3/c1-18(2,3)17(23)19-11-13-6-8-14(9-7-13)16(22)20-10-4-5-15(20)12-21/h6-9,15,21H,4-5,10-12H2,1-3H3,(H,19,23)/t15-/m1/s1. The summed E-state index contributed by atoms with van der Waals surface area (Å²) in [6, 6.07) is 7.23. The van der Waals surface area contributed by atoms with Crippen LogP contribution in [0, 0.1) is 5.41 Å². The van der Waals surface area contributed by atoms with Crippen LogP contribution in [0.3, 0.4) is 0 Å². The molecule has 1 aromatic rings. The molecule has 2 amide bonds. The van der Waals surface area contributed by atoms with Gasteiger partial charge in [0.1, 0.15) is 0 Å². The molecule has 5 heteroatoms. The van der Waals surface area contributed by atoms with E-state index in [1.165, 1.54) is 0 Å². The fourth-order valence-corrected chi connectivity index (χ4v) is 2.67. The summed E-state index contributed by atoms with van der Waals surface area (Å²) in [7, 11) is 0. The Morgan fingerprint density at radius 2 is 1.91 bits per heavy atom. The van der Waals surface area contributed by atoms with Crippen molar-refractivity contribution >= 4 is 11.8 Å². The van der Waals surface area contributed by atoms with E-state index in [4.69, 9.17) is 0 Å². The Balaban J connectivity index is 1.97. The third-order valence-corrected chi connectivity index (χ3v) is 4.18. The normalized spacial score (nSPS) is 18.1. The zero-order valence-electron chi connectivity index (χ0n) is 14.1. The van der Waals surface area contributed by atoms with Crippen molar-refractivity contribution in [3.63, 3.8) is 0 Å². The van der Waals surface area contributed by atoms with E-state index in [1.807, 2.05) is 32.9 Å². The highest BCUT2D eigenvalue weighted by Gasteiger charge is 2.28. The van der Waals surface area contributed by atoms with Gasteiger partial charge in [-0.1, -0.05) is 32.9 Å². The number of amides is 2. The van der Waals surface area contributed by atoms with Crippen LogP contribution in [0.15, 0.2) is 24.3 Å². The molecule has 1 saturated heterocycles. The molecule has 1 aromatic carbocycles. The molecule has 0 unspecified atom stereocenters. The summed E-state index contributed by atoms with van der Waals surface area (Å²) < 4.78 is 0. The second-order valence-corrected chi connectivity index (χ2v) is 7.11. The van der Waals surface area contributed by atoms with Gasteiger partial charge in [-0.25, -0.2) is 0 Å². The zero-order valence-corrected chi connectivity index (χ0v) is 14.1. The number of rotatable bonds is 4. The molecule has 23 heavy (non-hydrogen) atoms. The number of nitrogens with zero attached hydrogens (tertiary/aromatic N) is 1. The summed E-state index contributed by atoms with van der Waals surface area (Å²) in [4.78, 5) is 26.1. The van der Waals surface area contributed by atoms with Crippen molar-refractivity contribution in [3.8, 4) is 0 Å². The largest absolute Gasteiger partial charge is 0.394 e. The van der Waals surface area contributed by atoms with Gasteiger partial charge in [0, 0.05) is 24.1 Å². The Bertz CT molecular complexity index is 561. The number of hydrogen-bond donors (Lipinski definition) is 2. The maximum absolute atomic E-state index is 12.5. The van der Waals surface area contributed by atoms with Crippen molar-refractivity contribution in [1.82, 2.24) is 10.2 Å². The van der Waals surface area contributed by atoms with Gasteiger partial charge < -0.3 is 15.3 Å². The Morgan fingerprint density at radius 1 is 1.26 bits per heavy atom. The number of aliphatic hydroxyl groups excluding tert-OH is 1. The maximum Gasteiger partial charge on any atom is 0.254 e. The van der Waals surface area contributed by atoms with E-state index in [-0.39, 0.29) is 24.5 Å². The van der Waals surface area contributed by atoms with E-state index in [9.17, 15) is 14.7 Å². The topological polar surface area (TPSA) is 69.6 Å². The molecule has 0 spiro atoms. The lowest BCUT2D eigenvalue weighted by Gasteiger charge is -2.23. The minimum absolute atomic E-state index is 0.000470. The highest BCUT2D eigenvalue weighted by molar-refractivity contribution is 5.94. The van der Waals surface area contributed by atoms with E-state index < -0.39 is 5.41 Å². The molecule has 0 aromatic heterocycles. The van der Waals surface area contributed by atoms with Crippen LogP contribution >= 0.6 is 0 Å². The second kappa shape index (κ2) is 7.13. The predicted octanol–water partition coefficient (Wildman–Crippen LogP) is 1.95. The van der Waals surface area contributed by atoms with Gasteiger partial charge in [-0.05, 0) is 30.5 Å². The van der Waals surface area contributed by atoms with Gasteiger partial charge in [-0.3, -0.25) is 9.59 Å². The summed E-state index contributed by atoms with van der Waals surface area (Å²) >= 11 is 0. The molecule has 1 aliphatic rings. The molecular formula is C18H26N2O3. The molecule has 1 fully saturated rings. The maximum atomic E-state index is 12.5. The van der Waals surface area contributed by atoms with Crippen LogP contribution in [-0.4, -0.2) is 41.0 Å². The molecule has 0 bridgehead atoms. The van der Waals surface area contributed by atoms with Crippen molar-refractivity contribution in [3.05, 3.63) is 35.4 Å². The Kier molecular flexibility index (Phi) is 5.42. The molecule has 2 rings (SSSR count). The number of aliphatic hydroxyl groups is 1. The quantitative estimate of drug-likeness (QED) is 0.891. The van der Waals surface area contributed by atoms with Gasteiger partial charge in [-0.15, -0.1) is 0 Å². The number of carbonyl (C=O) groups excluding carboxylic acids is 2. The van der Waals surface area contributed by atoms with Crippen LogP contribution in [0.1, 0.15) is 49.5 Å². The highest BCUT2D eigenvalue weighted by Crippen LogP contribution is 2.20. The Morgan fingerprint density at radius 3 is 2.48 bits per heavy atom. The Labute approximate surface area is 137 Å². The average Bonchev–Trinajstić information content (AvgIpc) is 3.00. The third kappa shape index (κ3) is 4.32. The van der Waals surface area contributed by atoms with E-state index in [0.717, 1.165) is 18.4 Å². The summed E-state index contributed by atoms with van der Waals surface area (Å²) in [6.45, 7) is 6.79. The first kappa shape index (κ1) is 17.5. The molecule has 1 heterocycles. The first-order valence-electron chi connectivity index (χ1n) is 8.12. The van der Waals surface area contributed by atoms with Crippen molar-refractivity contribution < 1.29 is 14.7 Å². The SMILES string of the molecule is CC(C)(C)C(=O)NCc1ccc(C(=O)N2CCC[C@@H]2CO)cc1. The first-order valence-corrected chi connectivity index (χ1v) is 8.12. The van der Waals surface area contributed by atoms with Gasteiger partial charge in [0.2, 0.25) is 5.91 Å². The van der Waals surface area contributed by atoms with E-state index in [1.54, 1.807) is 17.0 Å². The van der Waals surface area contributed by atoms with Crippen LogP contribution in [0.4, 0.5) is 0 Å². The van der Waals surface area contributed by atoms with E-state index in [0.29, 0.717) is 18.7 Å². The summed E-state index contributed by atoms with van der Waals surface area (Å²) in [5.41, 5.74) is 1.17. The summed E-state index contributed by atoms with van der Waals surface area (Å²) in [5.74, 6) is -0.0349. The molecular weight excluding hydrogens is 292 g/mol. The van der Waals surface area contributed by atoms with E-state index in [2.05, 4.69) is 5.32 Å². The molecule has 1 atom stereocenters.